The van der Waals surface area contributed by atoms with Crippen LogP contribution in [0.4, 0.5) is 5.82 Å². The second kappa shape index (κ2) is 10.1. The summed E-state index contributed by atoms with van der Waals surface area (Å²) in [4.78, 5) is 19.2. The topological polar surface area (TPSA) is 77.9 Å². The molecule has 0 atom stereocenters. The van der Waals surface area contributed by atoms with Gasteiger partial charge in [-0.2, -0.15) is 0 Å². The summed E-state index contributed by atoms with van der Waals surface area (Å²) in [7, 11) is 0. The molecule has 1 aromatic heterocycles. The molecule has 0 aliphatic rings. The number of carbonyl (C=O) groups excluding carboxylic acids is 1. The molecule has 0 bridgehead atoms. The van der Waals surface area contributed by atoms with Crippen molar-refractivity contribution in [1.29, 1.82) is 0 Å². The molecular formula is C26H22N3O2S-. The van der Waals surface area contributed by atoms with Crippen LogP contribution in [0.25, 0.3) is 0 Å². The van der Waals surface area contributed by atoms with Gasteiger partial charge >= 0.3 is 0 Å². The van der Waals surface area contributed by atoms with E-state index in [0.717, 1.165) is 0 Å². The van der Waals surface area contributed by atoms with Crippen molar-refractivity contribution in [3.8, 4) is 0 Å². The number of benzene rings is 3. The molecule has 0 unspecified atom stereocenters. The fraction of sp³-hybridized carbons (Fsp3) is 0.115. The van der Waals surface area contributed by atoms with Crippen LogP contribution in [0.15, 0.2) is 104 Å². The molecule has 0 saturated carbocycles. The van der Waals surface area contributed by atoms with Crippen molar-refractivity contribution in [2.45, 2.75) is 4.75 Å². The number of carboxylic acids is 1. The Hall–Kier alpha value is -3.64. The van der Waals surface area contributed by atoms with Crippen molar-refractivity contribution in [2.75, 3.05) is 17.6 Å². The predicted molar refractivity (Wildman–Crippen MR) is 127 cm³/mol. The number of nitrogens with one attached hydrogen (secondary N) is 1. The minimum Gasteiger partial charge on any atom is -0.545 e. The fourth-order valence-corrected chi connectivity index (χ4v) is 5.18. The molecule has 32 heavy (non-hydrogen) atoms. The van der Waals surface area contributed by atoms with Gasteiger partial charge in [0.05, 0.1) is 16.3 Å². The highest BCUT2D eigenvalue weighted by atomic mass is 32.2. The van der Waals surface area contributed by atoms with Crippen molar-refractivity contribution in [3.05, 3.63) is 126 Å². The molecule has 0 aliphatic carbocycles. The molecule has 0 radical (unpaired) electrons. The smallest absolute Gasteiger partial charge is 0.138 e. The molecule has 0 fully saturated rings. The summed E-state index contributed by atoms with van der Waals surface area (Å²) in [5.41, 5.74) is 3.50. The molecule has 5 nitrogen and oxygen atoms in total. The Bertz CT molecular complexity index is 1060. The van der Waals surface area contributed by atoms with Crippen LogP contribution < -0.4 is 10.4 Å². The summed E-state index contributed by atoms with van der Waals surface area (Å²) in [6.45, 7) is 0.524. The van der Waals surface area contributed by atoms with E-state index in [2.05, 4.69) is 88.1 Å². The van der Waals surface area contributed by atoms with Gasteiger partial charge in [0.15, 0.2) is 0 Å². The van der Waals surface area contributed by atoms with Gasteiger partial charge in [-0.3, -0.25) is 0 Å². The maximum absolute atomic E-state index is 11.3. The van der Waals surface area contributed by atoms with Gasteiger partial charge in [0.1, 0.15) is 12.1 Å². The van der Waals surface area contributed by atoms with Crippen molar-refractivity contribution >= 4 is 23.5 Å². The first kappa shape index (κ1) is 21.6. The quantitative estimate of drug-likeness (QED) is 0.313. The van der Waals surface area contributed by atoms with Crippen molar-refractivity contribution in [1.82, 2.24) is 9.97 Å². The second-order valence-corrected chi connectivity index (χ2v) is 8.44. The van der Waals surface area contributed by atoms with E-state index >= 15 is 0 Å². The monoisotopic (exact) mass is 440 g/mol. The van der Waals surface area contributed by atoms with Crippen LogP contribution in [0.5, 0.6) is 0 Å². The SMILES string of the molecule is O=C([O-])c1cncnc1NCCSC(c1ccccc1)(c1ccccc1)c1ccccc1. The molecule has 0 saturated heterocycles. The second-order valence-electron chi connectivity index (χ2n) is 7.13. The third-order valence-corrected chi connectivity index (χ3v) is 6.73. The standard InChI is InChI=1S/C26H23N3O2S/c30-25(31)23-18-27-19-29-24(23)28-16-17-32-26(20-10-4-1-5-11-20,21-12-6-2-7-13-21)22-14-8-3-9-15-22/h1-15,18-19H,16-17H2,(H,30,31)(H,27,28,29)/p-1. The highest BCUT2D eigenvalue weighted by Gasteiger charge is 2.36. The van der Waals surface area contributed by atoms with Gasteiger partial charge in [0, 0.05) is 18.5 Å². The predicted octanol–water partition coefficient (Wildman–Crippen LogP) is 3.98. The Kier molecular flexibility index (Phi) is 6.82. The van der Waals surface area contributed by atoms with E-state index in [1.54, 1.807) is 11.8 Å². The van der Waals surface area contributed by atoms with Gasteiger partial charge in [-0.1, -0.05) is 91.0 Å². The van der Waals surface area contributed by atoms with E-state index in [0.29, 0.717) is 12.3 Å². The fourth-order valence-electron chi connectivity index (χ4n) is 3.76. The van der Waals surface area contributed by atoms with E-state index in [4.69, 9.17) is 0 Å². The van der Waals surface area contributed by atoms with E-state index < -0.39 is 10.7 Å². The van der Waals surface area contributed by atoms with Crippen LogP contribution in [0, 0.1) is 0 Å². The number of carbonyl (C=O) groups is 1. The highest BCUT2D eigenvalue weighted by Crippen LogP contribution is 2.48. The zero-order valence-corrected chi connectivity index (χ0v) is 18.2. The first-order valence-electron chi connectivity index (χ1n) is 10.3. The summed E-state index contributed by atoms with van der Waals surface area (Å²) in [5.74, 6) is -0.326. The first-order chi connectivity index (χ1) is 15.7. The normalized spacial score (nSPS) is 11.1. The lowest BCUT2D eigenvalue weighted by Crippen LogP contribution is -2.27. The summed E-state index contributed by atoms with van der Waals surface area (Å²) < 4.78 is -0.422. The van der Waals surface area contributed by atoms with Crippen LogP contribution in [0.1, 0.15) is 27.0 Å². The number of anilines is 1. The minimum atomic E-state index is -1.30. The Morgan fingerprint density at radius 2 is 1.34 bits per heavy atom. The van der Waals surface area contributed by atoms with Gasteiger partial charge in [-0.25, -0.2) is 9.97 Å². The lowest BCUT2D eigenvalue weighted by atomic mass is 9.84. The molecule has 4 rings (SSSR count). The maximum Gasteiger partial charge on any atom is 0.138 e. The number of aromatic carboxylic acids is 1. The third-order valence-electron chi connectivity index (χ3n) is 5.19. The molecule has 0 spiro atoms. The molecule has 160 valence electrons. The largest absolute Gasteiger partial charge is 0.545 e. The molecule has 6 heteroatoms. The summed E-state index contributed by atoms with van der Waals surface area (Å²) in [5, 5.41) is 14.5. The highest BCUT2D eigenvalue weighted by molar-refractivity contribution is 8.00. The van der Waals surface area contributed by atoms with E-state index in [1.165, 1.54) is 29.2 Å². The average molecular weight is 441 g/mol. The molecule has 1 N–H and O–H groups in total. The molecule has 4 aromatic rings. The Morgan fingerprint density at radius 3 is 1.81 bits per heavy atom. The molecule has 3 aromatic carbocycles. The van der Waals surface area contributed by atoms with Crippen molar-refractivity contribution < 1.29 is 9.90 Å². The van der Waals surface area contributed by atoms with Crippen LogP contribution in [0.2, 0.25) is 0 Å². The molecule has 0 amide bonds. The van der Waals surface area contributed by atoms with Crippen LogP contribution in [0.3, 0.4) is 0 Å². The van der Waals surface area contributed by atoms with Crippen molar-refractivity contribution in [2.24, 2.45) is 0 Å². The van der Waals surface area contributed by atoms with Gasteiger partial charge in [0.2, 0.25) is 0 Å². The number of hydrogen-bond acceptors (Lipinski definition) is 6. The lowest BCUT2D eigenvalue weighted by molar-refractivity contribution is -0.255. The van der Waals surface area contributed by atoms with E-state index in [1.807, 2.05) is 18.2 Å². The summed E-state index contributed by atoms with van der Waals surface area (Å²) in [6.07, 6.45) is 2.57. The summed E-state index contributed by atoms with van der Waals surface area (Å²) >= 11 is 1.79. The first-order valence-corrected chi connectivity index (χ1v) is 11.3. The Labute approximate surface area is 191 Å². The van der Waals surface area contributed by atoms with Gasteiger partial charge < -0.3 is 15.2 Å². The Balaban J connectivity index is 1.67. The Morgan fingerprint density at radius 1 is 0.844 bits per heavy atom. The van der Waals surface area contributed by atoms with Crippen LogP contribution in [-0.4, -0.2) is 28.2 Å². The number of nitrogens with zero attached hydrogens (tertiary/aromatic N) is 2. The zero-order valence-electron chi connectivity index (χ0n) is 17.3. The number of rotatable bonds is 9. The molecule has 0 aliphatic heterocycles. The lowest BCUT2D eigenvalue weighted by Gasteiger charge is -2.35. The average Bonchev–Trinajstić information content (AvgIpc) is 2.86. The van der Waals surface area contributed by atoms with Crippen LogP contribution in [-0.2, 0) is 4.75 Å². The third kappa shape index (κ3) is 4.50. The number of thioether (sulfide) groups is 1. The molecular weight excluding hydrogens is 418 g/mol. The zero-order chi connectivity index (χ0) is 22.2. The number of aromatic nitrogens is 2. The van der Waals surface area contributed by atoms with E-state index in [-0.39, 0.29) is 11.4 Å². The van der Waals surface area contributed by atoms with Crippen LogP contribution >= 0.6 is 11.8 Å². The summed E-state index contributed by atoms with van der Waals surface area (Å²) in [6, 6.07) is 31.3. The van der Waals surface area contributed by atoms with E-state index in [9.17, 15) is 9.90 Å². The van der Waals surface area contributed by atoms with Gasteiger partial charge in [0.25, 0.3) is 0 Å². The number of hydrogen-bond donors (Lipinski definition) is 1. The van der Waals surface area contributed by atoms with Gasteiger partial charge in [-0.05, 0) is 16.7 Å². The molecule has 1 heterocycles. The maximum atomic E-state index is 11.3. The minimum absolute atomic E-state index is 0.0436. The number of carboxylic acid groups (broad SMARTS) is 1. The van der Waals surface area contributed by atoms with Gasteiger partial charge in [-0.15, -0.1) is 11.8 Å². The van der Waals surface area contributed by atoms with Crippen molar-refractivity contribution in [3.63, 3.8) is 0 Å².